The molecule has 0 bridgehead atoms. The number of aromatic nitrogens is 1. The Morgan fingerprint density at radius 2 is 2.20 bits per heavy atom. The molecule has 1 fully saturated rings. The summed E-state index contributed by atoms with van der Waals surface area (Å²) in [5.41, 5.74) is 0.253. The van der Waals surface area contributed by atoms with Gasteiger partial charge < -0.3 is 15.0 Å². The Bertz CT molecular complexity index is 675. The van der Waals surface area contributed by atoms with E-state index >= 15 is 0 Å². The predicted octanol–water partition coefficient (Wildman–Crippen LogP) is 3.45. The number of alkyl carbamates (subject to hydrolysis) is 1. The summed E-state index contributed by atoms with van der Waals surface area (Å²) in [6, 6.07) is 1.50. The van der Waals surface area contributed by atoms with E-state index in [0.29, 0.717) is 24.5 Å². The number of rotatable bonds is 3. The zero-order valence-electron chi connectivity index (χ0n) is 14.8. The summed E-state index contributed by atoms with van der Waals surface area (Å²) in [7, 11) is 0. The number of amides is 1. The van der Waals surface area contributed by atoms with Crippen LogP contribution in [0.5, 0.6) is 0 Å². The molecule has 1 unspecified atom stereocenters. The van der Waals surface area contributed by atoms with E-state index in [2.05, 4.69) is 10.3 Å². The number of carbonyl (C=O) groups excluding carboxylic acids is 1. The lowest BCUT2D eigenvalue weighted by Crippen LogP contribution is -2.49. The van der Waals surface area contributed by atoms with Gasteiger partial charge in [0.05, 0.1) is 4.92 Å². The maximum absolute atomic E-state index is 12.0. The Hall–Kier alpha value is -2.09. The fourth-order valence-corrected chi connectivity index (χ4v) is 3.11. The van der Waals surface area contributed by atoms with Crippen LogP contribution in [0.3, 0.4) is 0 Å². The third-order valence-corrected chi connectivity index (χ3v) is 3.99. The SMILES string of the molecule is Cc1cc(N2CCCC(NC(=O)OC(C)(C)C)C2)c([N+](=O)[O-])c(Cl)n1. The Morgan fingerprint density at radius 3 is 2.80 bits per heavy atom. The highest BCUT2D eigenvalue weighted by Gasteiger charge is 2.30. The second kappa shape index (κ2) is 7.43. The van der Waals surface area contributed by atoms with Crippen molar-refractivity contribution in [3.8, 4) is 0 Å². The largest absolute Gasteiger partial charge is 0.444 e. The summed E-state index contributed by atoms with van der Waals surface area (Å²) in [4.78, 5) is 28.7. The number of nitrogens with zero attached hydrogens (tertiary/aromatic N) is 3. The molecule has 1 amide bonds. The van der Waals surface area contributed by atoms with Crippen molar-refractivity contribution in [3.05, 3.63) is 27.0 Å². The number of nitrogens with one attached hydrogen (secondary N) is 1. The van der Waals surface area contributed by atoms with Crippen LogP contribution in [0.2, 0.25) is 5.15 Å². The summed E-state index contributed by atoms with van der Waals surface area (Å²) >= 11 is 5.97. The highest BCUT2D eigenvalue weighted by atomic mass is 35.5. The molecule has 1 aromatic rings. The molecular weight excluding hydrogens is 348 g/mol. The van der Waals surface area contributed by atoms with E-state index in [-0.39, 0.29) is 16.9 Å². The van der Waals surface area contributed by atoms with Crippen LogP contribution >= 0.6 is 11.6 Å². The predicted molar refractivity (Wildman–Crippen MR) is 95.2 cm³/mol. The summed E-state index contributed by atoms with van der Waals surface area (Å²) in [6.45, 7) is 8.22. The first-order valence-electron chi connectivity index (χ1n) is 8.13. The van der Waals surface area contributed by atoms with Gasteiger partial charge in [-0.15, -0.1) is 0 Å². The molecule has 0 saturated carbocycles. The third-order valence-electron chi connectivity index (χ3n) is 3.72. The molecule has 2 heterocycles. The molecule has 8 nitrogen and oxygen atoms in total. The van der Waals surface area contributed by atoms with E-state index in [4.69, 9.17) is 16.3 Å². The topological polar surface area (TPSA) is 97.6 Å². The molecular formula is C16H23ClN4O4. The molecule has 0 spiro atoms. The minimum absolute atomic E-state index is 0.123. The monoisotopic (exact) mass is 370 g/mol. The molecule has 1 aliphatic rings. The Labute approximate surface area is 151 Å². The van der Waals surface area contributed by atoms with Crippen molar-refractivity contribution < 1.29 is 14.5 Å². The van der Waals surface area contributed by atoms with Gasteiger partial charge in [-0.2, -0.15) is 0 Å². The summed E-state index contributed by atoms with van der Waals surface area (Å²) in [6.07, 6.45) is 1.08. The van der Waals surface area contributed by atoms with Gasteiger partial charge in [0.15, 0.2) is 0 Å². The number of hydrogen-bond acceptors (Lipinski definition) is 6. The van der Waals surface area contributed by atoms with Crippen LogP contribution in [-0.2, 0) is 4.74 Å². The van der Waals surface area contributed by atoms with Crippen LogP contribution in [0.4, 0.5) is 16.2 Å². The average Bonchev–Trinajstić information content (AvgIpc) is 2.43. The fraction of sp³-hybridized carbons (Fsp3) is 0.625. The van der Waals surface area contributed by atoms with Crippen LogP contribution in [0.25, 0.3) is 0 Å². The van der Waals surface area contributed by atoms with Crippen molar-refractivity contribution in [2.45, 2.75) is 52.2 Å². The van der Waals surface area contributed by atoms with E-state index in [0.717, 1.165) is 12.8 Å². The second-order valence-electron chi connectivity index (χ2n) is 7.11. The van der Waals surface area contributed by atoms with Gasteiger partial charge in [0.2, 0.25) is 5.15 Å². The van der Waals surface area contributed by atoms with Crippen LogP contribution in [0.15, 0.2) is 6.07 Å². The van der Waals surface area contributed by atoms with E-state index < -0.39 is 16.6 Å². The molecule has 0 aromatic carbocycles. The maximum Gasteiger partial charge on any atom is 0.407 e. The van der Waals surface area contributed by atoms with Gasteiger partial charge in [-0.1, -0.05) is 11.6 Å². The van der Waals surface area contributed by atoms with Crippen molar-refractivity contribution in [3.63, 3.8) is 0 Å². The standard InChI is InChI=1S/C16H23ClN4O4/c1-10-8-12(13(21(23)24)14(17)18-10)20-7-5-6-11(9-20)19-15(22)25-16(2,3)4/h8,11H,5-7,9H2,1-4H3,(H,19,22). The van der Waals surface area contributed by atoms with Crippen molar-refractivity contribution in [2.75, 3.05) is 18.0 Å². The van der Waals surface area contributed by atoms with Gasteiger partial charge in [-0.25, -0.2) is 9.78 Å². The molecule has 1 atom stereocenters. The molecule has 25 heavy (non-hydrogen) atoms. The fourth-order valence-electron chi connectivity index (χ4n) is 2.81. The van der Waals surface area contributed by atoms with Gasteiger partial charge >= 0.3 is 11.8 Å². The quantitative estimate of drug-likeness (QED) is 0.497. The first kappa shape index (κ1) is 19.2. The van der Waals surface area contributed by atoms with Crippen LogP contribution in [0, 0.1) is 17.0 Å². The number of carbonyl (C=O) groups is 1. The minimum atomic E-state index is -0.576. The minimum Gasteiger partial charge on any atom is -0.444 e. The normalized spacial score (nSPS) is 18.0. The Morgan fingerprint density at radius 1 is 1.52 bits per heavy atom. The number of piperidine rings is 1. The number of anilines is 1. The number of halogens is 1. The maximum atomic E-state index is 12.0. The molecule has 0 aliphatic carbocycles. The van der Waals surface area contributed by atoms with Gasteiger partial charge in [0, 0.05) is 24.8 Å². The van der Waals surface area contributed by atoms with Gasteiger partial charge in [0.1, 0.15) is 11.3 Å². The molecule has 0 radical (unpaired) electrons. The molecule has 138 valence electrons. The molecule has 2 rings (SSSR count). The Kier molecular flexibility index (Phi) is 5.72. The second-order valence-corrected chi connectivity index (χ2v) is 7.47. The summed E-state index contributed by atoms with van der Waals surface area (Å²) in [5.74, 6) is 0. The average molecular weight is 371 g/mol. The lowest BCUT2D eigenvalue weighted by atomic mass is 10.0. The zero-order valence-corrected chi connectivity index (χ0v) is 15.6. The van der Waals surface area contributed by atoms with Crippen LogP contribution in [0.1, 0.15) is 39.3 Å². The molecule has 1 N–H and O–H groups in total. The van der Waals surface area contributed by atoms with Gasteiger partial charge in [0.25, 0.3) is 0 Å². The number of aryl methyl sites for hydroxylation is 1. The van der Waals surface area contributed by atoms with Crippen molar-refractivity contribution in [1.82, 2.24) is 10.3 Å². The Balaban J connectivity index is 2.16. The highest BCUT2D eigenvalue weighted by Crippen LogP contribution is 2.35. The number of ether oxygens (including phenoxy) is 1. The van der Waals surface area contributed by atoms with Gasteiger partial charge in [-0.05, 0) is 46.6 Å². The summed E-state index contributed by atoms with van der Waals surface area (Å²) < 4.78 is 5.27. The number of hydrogen-bond donors (Lipinski definition) is 1. The van der Waals surface area contributed by atoms with E-state index in [1.165, 1.54) is 0 Å². The zero-order chi connectivity index (χ0) is 18.8. The number of pyridine rings is 1. The van der Waals surface area contributed by atoms with E-state index in [9.17, 15) is 14.9 Å². The highest BCUT2D eigenvalue weighted by molar-refractivity contribution is 6.32. The number of nitro groups is 1. The van der Waals surface area contributed by atoms with Crippen molar-refractivity contribution >= 4 is 29.1 Å². The molecule has 9 heteroatoms. The molecule has 1 saturated heterocycles. The van der Waals surface area contributed by atoms with Crippen molar-refractivity contribution in [1.29, 1.82) is 0 Å². The van der Waals surface area contributed by atoms with Crippen molar-refractivity contribution in [2.24, 2.45) is 0 Å². The van der Waals surface area contributed by atoms with Crippen LogP contribution in [-0.4, -0.2) is 40.7 Å². The smallest absolute Gasteiger partial charge is 0.407 e. The first-order chi connectivity index (χ1) is 11.6. The summed E-state index contributed by atoms with van der Waals surface area (Å²) in [5, 5.41) is 14.1. The van der Waals surface area contributed by atoms with E-state index in [1.54, 1.807) is 33.8 Å². The lowest BCUT2D eigenvalue weighted by molar-refractivity contribution is -0.384. The lowest BCUT2D eigenvalue weighted by Gasteiger charge is -2.34. The molecule has 1 aromatic heterocycles. The van der Waals surface area contributed by atoms with Gasteiger partial charge in [-0.3, -0.25) is 10.1 Å². The first-order valence-corrected chi connectivity index (χ1v) is 8.50. The molecule has 1 aliphatic heterocycles. The van der Waals surface area contributed by atoms with E-state index in [1.807, 2.05) is 4.90 Å². The van der Waals surface area contributed by atoms with Crippen LogP contribution < -0.4 is 10.2 Å². The third kappa shape index (κ3) is 5.19.